The van der Waals surface area contributed by atoms with Crippen LogP contribution in [-0.2, 0) is 9.84 Å². The molecule has 0 rings (SSSR count). The monoisotopic (exact) mass is 249 g/mol. The Balaban J connectivity index is 3.79. The van der Waals surface area contributed by atoms with Gasteiger partial charge < -0.3 is 5.32 Å². The van der Waals surface area contributed by atoms with Gasteiger partial charge in [-0.2, -0.15) is 0 Å². The van der Waals surface area contributed by atoms with Crippen molar-refractivity contribution in [3.8, 4) is 0 Å². The Morgan fingerprint density at radius 3 is 2.25 bits per heavy atom. The molecule has 0 radical (unpaired) electrons. The molecule has 0 saturated heterocycles. The molecule has 1 atom stereocenters. The Morgan fingerprint density at radius 2 is 1.75 bits per heavy atom. The van der Waals surface area contributed by atoms with Crippen LogP contribution in [0.1, 0.15) is 52.4 Å². The standard InChI is InChI=1S/C12H27NO2S/c1-4-6-7-8-9-12(13-5-2)10-11-16(3,14)15/h12-13H,4-11H2,1-3H3. The van der Waals surface area contributed by atoms with E-state index >= 15 is 0 Å². The van der Waals surface area contributed by atoms with Crippen molar-refractivity contribution in [2.75, 3.05) is 18.6 Å². The number of unbranched alkanes of at least 4 members (excludes halogenated alkanes) is 3. The first kappa shape index (κ1) is 15.9. The Bertz CT molecular complexity index is 250. The summed E-state index contributed by atoms with van der Waals surface area (Å²) in [7, 11) is -2.81. The third kappa shape index (κ3) is 10.4. The van der Waals surface area contributed by atoms with Crippen molar-refractivity contribution < 1.29 is 8.42 Å². The number of hydrogen-bond acceptors (Lipinski definition) is 3. The molecule has 0 heterocycles. The van der Waals surface area contributed by atoms with Crippen LogP contribution in [0.4, 0.5) is 0 Å². The van der Waals surface area contributed by atoms with E-state index in [1.807, 2.05) is 0 Å². The van der Waals surface area contributed by atoms with Crippen LogP contribution in [0, 0.1) is 0 Å². The Hall–Kier alpha value is -0.0900. The molecule has 1 N–H and O–H groups in total. The summed E-state index contributed by atoms with van der Waals surface area (Å²) in [6.07, 6.45) is 8.15. The van der Waals surface area contributed by atoms with E-state index < -0.39 is 9.84 Å². The minimum absolute atomic E-state index is 0.304. The van der Waals surface area contributed by atoms with Gasteiger partial charge in [0.15, 0.2) is 0 Å². The summed E-state index contributed by atoms with van der Waals surface area (Å²) in [5.74, 6) is 0.304. The molecule has 0 amide bonds. The Morgan fingerprint density at radius 1 is 1.06 bits per heavy atom. The molecule has 0 aromatic carbocycles. The quantitative estimate of drug-likeness (QED) is 0.605. The molecule has 0 aliphatic rings. The van der Waals surface area contributed by atoms with Gasteiger partial charge in [-0.15, -0.1) is 0 Å². The highest BCUT2D eigenvalue weighted by molar-refractivity contribution is 7.90. The van der Waals surface area contributed by atoms with Gasteiger partial charge >= 0.3 is 0 Å². The summed E-state index contributed by atoms with van der Waals surface area (Å²) in [4.78, 5) is 0. The zero-order chi connectivity index (χ0) is 12.4. The van der Waals surface area contributed by atoms with Gasteiger partial charge in [0.05, 0.1) is 5.75 Å². The maximum Gasteiger partial charge on any atom is 0.147 e. The molecule has 16 heavy (non-hydrogen) atoms. The fourth-order valence-electron chi connectivity index (χ4n) is 1.81. The highest BCUT2D eigenvalue weighted by atomic mass is 32.2. The van der Waals surface area contributed by atoms with E-state index in [-0.39, 0.29) is 0 Å². The molecule has 4 heteroatoms. The van der Waals surface area contributed by atoms with Crippen LogP contribution < -0.4 is 5.32 Å². The summed E-state index contributed by atoms with van der Waals surface area (Å²) >= 11 is 0. The number of sulfone groups is 1. The van der Waals surface area contributed by atoms with Crippen molar-refractivity contribution in [3.05, 3.63) is 0 Å². The SMILES string of the molecule is CCCCCCC(CCS(C)(=O)=O)NCC. The summed E-state index contributed by atoms with van der Waals surface area (Å²) in [6, 6.07) is 0.372. The maximum absolute atomic E-state index is 11.1. The molecular weight excluding hydrogens is 222 g/mol. The minimum atomic E-state index is -2.81. The van der Waals surface area contributed by atoms with Crippen molar-refractivity contribution in [1.29, 1.82) is 0 Å². The van der Waals surface area contributed by atoms with Gasteiger partial charge in [0.2, 0.25) is 0 Å². The first-order chi connectivity index (χ1) is 7.49. The third-order valence-corrected chi connectivity index (χ3v) is 3.71. The van der Waals surface area contributed by atoms with E-state index in [9.17, 15) is 8.42 Å². The smallest absolute Gasteiger partial charge is 0.147 e. The van der Waals surface area contributed by atoms with Crippen molar-refractivity contribution in [2.24, 2.45) is 0 Å². The van der Waals surface area contributed by atoms with Crippen molar-refractivity contribution in [3.63, 3.8) is 0 Å². The number of rotatable bonds is 10. The zero-order valence-corrected chi connectivity index (χ0v) is 11.8. The Kier molecular flexibility index (Phi) is 8.94. The van der Waals surface area contributed by atoms with E-state index in [1.54, 1.807) is 0 Å². The second-order valence-corrected chi connectivity index (χ2v) is 6.78. The summed E-state index contributed by atoms with van der Waals surface area (Å²) in [5.41, 5.74) is 0. The van der Waals surface area contributed by atoms with Crippen LogP contribution in [0.25, 0.3) is 0 Å². The van der Waals surface area contributed by atoms with Crippen LogP contribution in [0.15, 0.2) is 0 Å². The van der Waals surface area contributed by atoms with Crippen molar-refractivity contribution in [2.45, 2.75) is 58.4 Å². The third-order valence-electron chi connectivity index (χ3n) is 2.74. The molecule has 0 fully saturated rings. The summed E-state index contributed by atoms with van der Waals surface area (Å²) in [6.45, 7) is 5.19. The Labute approximate surface area is 101 Å². The van der Waals surface area contributed by atoms with Crippen molar-refractivity contribution >= 4 is 9.84 Å². The van der Waals surface area contributed by atoms with Gasteiger partial charge in [0.25, 0.3) is 0 Å². The molecule has 0 bridgehead atoms. The lowest BCUT2D eigenvalue weighted by Gasteiger charge is -2.17. The average molecular weight is 249 g/mol. The van der Waals surface area contributed by atoms with Gasteiger partial charge in [0, 0.05) is 12.3 Å². The first-order valence-corrected chi connectivity index (χ1v) is 8.46. The van der Waals surface area contributed by atoms with Crippen molar-refractivity contribution in [1.82, 2.24) is 5.32 Å². The lowest BCUT2D eigenvalue weighted by atomic mass is 10.1. The van der Waals surface area contributed by atoms with Gasteiger partial charge in [-0.05, 0) is 19.4 Å². The number of nitrogens with one attached hydrogen (secondary N) is 1. The molecule has 1 unspecified atom stereocenters. The van der Waals surface area contributed by atoms with Crippen LogP contribution in [0.2, 0.25) is 0 Å². The van der Waals surface area contributed by atoms with E-state index in [2.05, 4.69) is 19.2 Å². The van der Waals surface area contributed by atoms with Gasteiger partial charge in [-0.3, -0.25) is 0 Å². The second-order valence-electron chi connectivity index (χ2n) is 4.52. The molecule has 0 aliphatic heterocycles. The predicted molar refractivity (Wildman–Crippen MR) is 70.6 cm³/mol. The molecule has 0 aliphatic carbocycles. The molecule has 0 saturated carbocycles. The van der Waals surface area contributed by atoms with E-state index in [4.69, 9.17) is 0 Å². The van der Waals surface area contributed by atoms with E-state index in [1.165, 1.54) is 31.9 Å². The molecule has 98 valence electrons. The lowest BCUT2D eigenvalue weighted by Crippen LogP contribution is -2.30. The topological polar surface area (TPSA) is 46.2 Å². The normalized spacial score (nSPS) is 13.9. The van der Waals surface area contributed by atoms with Crippen LogP contribution in [0.3, 0.4) is 0 Å². The largest absolute Gasteiger partial charge is 0.314 e. The zero-order valence-electron chi connectivity index (χ0n) is 11.0. The molecular formula is C12H27NO2S. The second kappa shape index (κ2) is 8.99. The average Bonchev–Trinajstić information content (AvgIpc) is 2.19. The van der Waals surface area contributed by atoms with Gasteiger partial charge in [-0.1, -0.05) is 39.5 Å². The maximum atomic E-state index is 11.1. The van der Waals surface area contributed by atoms with E-state index in [0.29, 0.717) is 11.8 Å². The predicted octanol–water partition coefficient (Wildman–Crippen LogP) is 2.37. The highest BCUT2D eigenvalue weighted by Crippen LogP contribution is 2.09. The fourth-order valence-corrected chi connectivity index (χ4v) is 2.52. The molecule has 0 aromatic rings. The minimum Gasteiger partial charge on any atom is -0.314 e. The first-order valence-electron chi connectivity index (χ1n) is 6.40. The van der Waals surface area contributed by atoms with Gasteiger partial charge in [-0.25, -0.2) is 8.42 Å². The molecule has 0 aromatic heterocycles. The summed E-state index contributed by atoms with van der Waals surface area (Å²) in [5, 5.41) is 3.37. The van der Waals surface area contributed by atoms with Gasteiger partial charge in [0.1, 0.15) is 9.84 Å². The fraction of sp³-hybridized carbons (Fsp3) is 1.00. The highest BCUT2D eigenvalue weighted by Gasteiger charge is 2.10. The lowest BCUT2D eigenvalue weighted by molar-refractivity contribution is 0.454. The van der Waals surface area contributed by atoms with Crippen LogP contribution in [-0.4, -0.2) is 33.0 Å². The number of hydrogen-bond donors (Lipinski definition) is 1. The van der Waals surface area contributed by atoms with E-state index in [0.717, 1.165) is 19.4 Å². The molecule has 0 spiro atoms. The van der Waals surface area contributed by atoms with Crippen LogP contribution in [0.5, 0.6) is 0 Å². The summed E-state index contributed by atoms with van der Waals surface area (Å²) < 4.78 is 22.2. The van der Waals surface area contributed by atoms with Crippen LogP contribution >= 0.6 is 0 Å². The molecule has 3 nitrogen and oxygen atoms in total.